The van der Waals surface area contributed by atoms with E-state index < -0.39 is 0 Å². The third-order valence-electron chi connectivity index (χ3n) is 3.39. The molecular weight excluding hydrogens is 280 g/mol. The van der Waals surface area contributed by atoms with E-state index in [4.69, 9.17) is 17.0 Å². The van der Waals surface area contributed by atoms with Crippen LogP contribution in [0.5, 0.6) is 5.75 Å². The lowest BCUT2D eigenvalue weighted by Crippen LogP contribution is -2.29. The van der Waals surface area contributed by atoms with Crippen molar-refractivity contribution in [2.75, 3.05) is 19.0 Å². The summed E-state index contributed by atoms with van der Waals surface area (Å²) in [5.74, 6) is 0.829. The minimum atomic E-state index is 0.675. The first-order valence-electron chi connectivity index (χ1n) is 7.95. The van der Waals surface area contributed by atoms with Crippen LogP contribution in [0.1, 0.15) is 51.9 Å². The lowest BCUT2D eigenvalue weighted by Gasteiger charge is -2.11. The average Bonchev–Trinajstić information content (AvgIpc) is 2.50. The number of anilines is 1. The van der Waals surface area contributed by atoms with Gasteiger partial charge in [0.2, 0.25) is 0 Å². The van der Waals surface area contributed by atoms with Gasteiger partial charge in [0.1, 0.15) is 5.75 Å². The fraction of sp³-hybridized carbons (Fsp3) is 0.588. The van der Waals surface area contributed by atoms with Gasteiger partial charge in [0, 0.05) is 18.3 Å². The van der Waals surface area contributed by atoms with Crippen LogP contribution in [0.4, 0.5) is 5.69 Å². The van der Waals surface area contributed by atoms with E-state index in [1.54, 1.807) is 7.11 Å². The molecule has 0 unspecified atom stereocenters. The van der Waals surface area contributed by atoms with E-state index in [2.05, 4.69) is 17.6 Å². The summed E-state index contributed by atoms with van der Waals surface area (Å²) in [6.45, 7) is 3.18. The largest absolute Gasteiger partial charge is 0.497 e. The molecule has 0 bridgehead atoms. The predicted molar refractivity (Wildman–Crippen MR) is 95.2 cm³/mol. The molecular formula is C17H28N2OS. The van der Waals surface area contributed by atoms with Crippen LogP contribution in [0.25, 0.3) is 0 Å². The molecule has 0 radical (unpaired) electrons. The normalized spacial score (nSPS) is 10.2. The summed E-state index contributed by atoms with van der Waals surface area (Å²) >= 11 is 5.29. The van der Waals surface area contributed by atoms with E-state index in [0.717, 1.165) is 18.0 Å². The van der Waals surface area contributed by atoms with E-state index in [9.17, 15) is 0 Å². The Labute approximate surface area is 134 Å². The van der Waals surface area contributed by atoms with Gasteiger partial charge in [-0.25, -0.2) is 0 Å². The van der Waals surface area contributed by atoms with Gasteiger partial charge in [0.15, 0.2) is 5.11 Å². The number of benzene rings is 1. The van der Waals surface area contributed by atoms with Crippen molar-refractivity contribution in [1.82, 2.24) is 5.32 Å². The molecule has 0 saturated carbocycles. The summed E-state index contributed by atoms with van der Waals surface area (Å²) in [4.78, 5) is 0. The number of unbranched alkanes of at least 4 members (excludes halogenated alkanes) is 6. The second-order valence-electron chi connectivity index (χ2n) is 5.23. The third kappa shape index (κ3) is 8.56. The molecule has 0 aliphatic heterocycles. The Balaban J connectivity index is 2.08. The van der Waals surface area contributed by atoms with Gasteiger partial charge in [0.25, 0.3) is 0 Å². The molecule has 0 amide bonds. The van der Waals surface area contributed by atoms with Crippen LogP contribution in [0.3, 0.4) is 0 Å². The number of methoxy groups -OCH3 is 1. The van der Waals surface area contributed by atoms with Crippen molar-refractivity contribution in [3.05, 3.63) is 24.3 Å². The minimum Gasteiger partial charge on any atom is -0.497 e. The second kappa shape index (κ2) is 11.4. The van der Waals surface area contributed by atoms with Crippen LogP contribution in [-0.2, 0) is 0 Å². The highest BCUT2D eigenvalue weighted by Gasteiger charge is 1.99. The number of nitrogens with one attached hydrogen (secondary N) is 2. The first kappa shape index (κ1) is 17.8. The van der Waals surface area contributed by atoms with E-state index in [1.165, 1.54) is 44.9 Å². The summed E-state index contributed by atoms with van der Waals surface area (Å²) in [6.07, 6.45) is 9.20. The van der Waals surface area contributed by atoms with Crippen molar-refractivity contribution >= 4 is 23.0 Å². The maximum Gasteiger partial charge on any atom is 0.170 e. The molecule has 0 aliphatic carbocycles. The van der Waals surface area contributed by atoms with E-state index in [0.29, 0.717) is 5.11 Å². The molecule has 4 heteroatoms. The van der Waals surface area contributed by atoms with E-state index in [1.807, 2.05) is 24.3 Å². The molecule has 118 valence electrons. The highest BCUT2D eigenvalue weighted by Crippen LogP contribution is 2.16. The zero-order chi connectivity index (χ0) is 15.3. The van der Waals surface area contributed by atoms with Crippen molar-refractivity contribution < 1.29 is 4.74 Å². The van der Waals surface area contributed by atoms with Crippen molar-refractivity contribution in [1.29, 1.82) is 0 Å². The molecule has 1 rings (SSSR count). The summed E-state index contributed by atoms with van der Waals surface area (Å²) in [7, 11) is 1.66. The Morgan fingerprint density at radius 3 is 2.52 bits per heavy atom. The van der Waals surface area contributed by atoms with Crippen LogP contribution < -0.4 is 15.4 Å². The maximum atomic E-state index is 5.29. The molecule has 21 heavy (non-hydrogen) atoms. The Morgan fingerprint density at radius 2 is 1.81 bits per heavy atom. The third-order valence-corrected chi connectivity index (χ3v) is 3.64. The molecule has 0 aromatic heterocycles. The lowest BCUT2D eigenvalue weighted by atomic mass is 10.1. The first-order valence-corrected chi connectivity index (χ1v) is 8.36. The fourth-order valence-electron chi connectivity index (χ4n) is 2.16. The molecule has 0 saturated heterocycles. The van der Waals surface area contributed by atoms with Crippen LogP contribution in [0.2, 0.25) is 0 Å². The SMILES string of the molecule is CCCCCCCCCNC(=S)Nc1cccc(OC)c1. The van der Waals surface area contributed by atoms with Crippen molar-refractivity contribution in [2.45, 2.75) is 51.9 Å². The molecule has 3 nitrogen and oxygen atoms in total. The predicted octanol–water partition coefficient (Wildman–Crippen LogP) is 4.73. The number of hydrogen-bond donors (Lipinski definition) is 2. The molecule has 2 N–H and O–H groups in total. The highest BCUT2D eigenvalue weighted by atomic mass is 32.1. The van der Waals surface area contributed by atoms with Gasteiger partial charge >= 0.3 is 0 Å². The van der Waals surface area contributed by atoms with Gasteiger partial charge in [-0.1, -0.05) is 51.5 Å². The average molecular weight is 308 g/mol. The molecule has 0 aliphatic rings. The summed E-state index contributed by atoms with van der Waals surface area (Å²) in [5, 5.41) is 7.10. The summed E-state index contributed by atoms with van der Waals surface area (Å²) in [5.41, 5.74) is 0.950. The first-order chi connectivity index (χ1) is 10.3. The lowest BCUT2D eigenvalue weighted by molar-refractivity contribution is 0.415. The Morgan fingerprint density at radius 1 is 1.10 bits per heavy atom. The zero-order valence-electron chi connectivity index (χ0n) is 13.3. The van der Waals surface area contributed by atoms with Crippen LogP contribution in [0, 0.1) is 0 Å². The second-order valence-corrected chi connectivity index (χ2v) is 5.64. The fourth-order valence-corrected chi connectivity index (χ4v) is 2.38. The van der Waals surface area contributed by atoms with Crippen molar-refractivity contribution in [3.8, 4) is 5.75 Å². The van der Waals surface area contributed by atoms with Crippen LogP contribution in [0.15, 0.2) is 24.3 Å². The molecule has 0 spiro atoms. The molecule has 0 fully saturated rings. The Hall–Kier alpha value is -1.29. The monoisotopic (exact) mass is 308 g/mol. The topological polar surface area (TPSA) is 33.3 Å². The van der Waals surface area contributed by atoms with Gasteiger partial charge < -0.3 is 15.4 Å². The van der Waals surface area contributed by atoms with Crippen molar-refractivity contribution in [2.24, 2.45) is 0 Å². The standard InChI is InChI=1S/C17H28N2OS/c1-3-4-5-6-7-8-9-13-18-17(21)19-15-11-10-12-16(14-15)20-2/h10-12,14H,3-9,13H2,1-2H3,(H2,18,19,21). The van der Waals surface area contributed by atoms with Gasteiger partial charge in [-0.3, -0.25) is 0 Å². The number of rotatable bonds is 10. The highest BCUT2D eigenvalue weighted by molar-refractivity contribution is 7.80. The van der Waals surface area contributed by atoms with Gasteiger partial charge in [-0.15, -0.1) is 0 Å². The molecule has 0 heterocycles. The Bertz CT molecular complexity index is 410. The summed E-state index contributed by atoms with van der Waals surface area (Å²) < 4.78 is 5.19. The minimum absolute atomic E-state index is 0.675. The van der Waals surface area contributed by atoms with Gasteiger partial charge in [-0.2, -0.15) is 0 Å². The number of ether oxygens (including phenoxy) is 1. The van der Waals surface area contributed by atoms with E-state index in [-0.39, 0.29) is 0 Å². The number of thiocarbonyl (C=S) groups is 1. The van der Waals surface area contributed by atoms with Gasteiger partial charge in [-0.05, 0) is 30.8 Å². The van der Waals surface area contributed by atoms with E-state index >= 15 is 0 Å². The smallest absolute Gasteiger partial charge is 0.170 e. The quantitative estimate of drug-likeness (QED) is 0.483. The number of hydrogen-bond acceptors (Lipinski definition) is 2. The zero-order valence-corrected chi connectivity index (χ0v) is 14.1. The van der Waals surface area contributed by atoms with Gasteiger partial charge in [0.05, 0.1) is 7.11 Å². The summed E-state index contributed by atoms with van der Waals surface area (Å²) in [6, 6.07) is 7.77. The van der Waals surface area contributed by atoms with Crippen LogP contribution in [-0.4, -0.2) is 18.8 Å². The van der Waals surface area contributed by atoms with Crippen LogP contribution >= 0.6 is 12.2 Å². The molecule has 1 aromatic carbocycles. The molecule has 1 aromatic rings. The Kier molecular flexibility index (Phi) is 9.62. The maximum absolute atomic E-state index is 5.29. The molecule has 0 atom stereocenters. The van der Waals surface area contributed by atoms with Crippen molar-refractivity contribution in [3.63, 3.8) is 0 Å².